The Morgan fingerprint density at radius 3 is 2.48 bits per heavy atom. The molecule has 0 aliphatic heterocycles. The number of hydrogen-bond donors (Lipinski definition) is 1. The SMILES string of the molecule is CC(=O)c1cccc(S(=O)(=O)Nc2ccc(C)cc2Br)c1. The first-order chi connectivity index (χ1) is 9.79. The number of halogens is 1. The van der Waals surface area contributed by atoms with Crippen LogP contribution in [-0.2, 0) is 10.0 Å². The second kappa shape index (κ2) is 5.99. The molecule has 2 aromatic rings. The van der Waals surface area contributed by atoms with Gasteiger partial charge in [-0.1, -0.05) is 18.2 Å². The molecule has 1 N–H and O–H groups in total. The molecule has 0 aliphatic rings. The van der Waals surface area contributed by atoms with Crippen molar-refractivity contribution in [2.24, 2.45) is 0 Å². The predicted octanol–water partition coefficient (Wildman–Crippen LogP) is 3.76. The number of Topliss-reactive ketones (excluding diaryl/α,β-unsaturated/α-hetero) is 1. The average molecular weight is 368 g/mol. The molecule has 110 valence electrons. The monoisotopic (exact) mass is 367 g/mol. The van der Waals surface area contributed by atoms with Crippen LogP contribution in [0.15, 0.2) is 51.8 Å². The van der Waals surface area contributed by atoms with E-state index in [1.807, 2.05) is 19.1 Å². The zero-order valence-corrected chi connectivity index (χ0v) is 14.0. The molecule has 0 unspecified atom stereocenters. The Morgan fingerprint density at radius 2 is 1.86 bits per heavy atom. The van der Waals surface area contributed by atoms with Gasteiger partial charge in [0.2, 0.25) is 0 Å². The van der Waals surface area contributed by atoms with Gasteiger partial charge in [0, 0.05) is 10.0 Å². The average Bonchev–Trinajstić information content (AvgIpc) is 2.42. The number of nitrogens with one attached hydrogen (secondary N) is 1. The zero-order chi connectivity index (χ0) is 15.6. The standard InChI is InChI=1S/C15H14BrNO3S/c1-10-6-7-15(14(16)8-10)17-21(19,20)13-5-3-4-12(9-13)11(2)18/h3-9,17H,1-2H3. The van der Waals surface area contributed by atoms with Gasteiger partial charge in [-0.15, -0.1) is 0 Å². The van der Waals surface area contributed by atoms with Gasteiger partial charge < -0.3 is 0 Å². The normalized spacial score (nSPS) is 11.2. The summed E-state index contributed by atoms with van der Waals surface area (Å²) >= 11 is 3.33. The highest BCUT2D eigenvalue weighted by molar-refractivity contribution is 9.10. The first kappa shape index (κ1) is 15.7. The fourth-order valence-electron chi connectivity index (χ4n) is 1.79. The van der Waals surface area contributed by atoms with Crippen molar-refractivity contribution in [2.45, 2.75) is 18.7 Å². The quantitative estimate of drug-likeness (QED) is 0.836. The van der Waals surface area contributed by atoms with Crippen LogP contribution in [0.1, 0.15) is 22.8 Å². The van der Waals surface area contributed by atoms with Crippen molar-refractivity contribution in [1.82, 2.24) is 0 Å². The van der Waals surface area contributed by atoms with Crippen LogP contribution in [0.3, 0.4) is 0 Å². The number of hydrogen-bond acceptors (Lipinski definition) is 3. The maximum absolute atomic E-state index is 12.4. The van der Waals surface area contributed by atoms with Gasteiger partial charge in [0.1, 0.15) is 0 Å². The Labute approximate surface area is 132 Å². The van der Waals surface area contributed by atoms with Crippen molar-refractivity contribution in [1.29, 1.82) is 0 Å². The molecule has 0 saturated carbocycles. The summed E-state index contributed by atoms with van der Waals surface area (Å²) in [6.07, 6.45) is 0. The molecule has 21 heavy (non-hydrogen) atoms. The maximum atomic E-state index is 12.4. The molecular weight excluding hydrogens is 354 g/mol. The minimum absolute atomic E-state index is 0.0580. The molecule has 2 aromatic carbocycles. The third-order valence-electron chi connectivity index (χ3n) is 2.92. The van der Waals surface area contributed by atoms with Gasteiger partial charge in [0.05, 0.1) is 10.6 Å². The highest BCUT2D eigenvalue weighted by Gasteiger charge is 2.16. The van der Waals surface area contributed by atoms with Crippen molar-refractivity contribution in [3.8, 4) is 0 Å². The molecule has 0 bridgehead atoms. The molecule has 0 saturated heterocycles. The summed E-state index contributed by atoms with van der Waals surface area (Å²) in [5, 5.41) is 0. The van der Waals surface area contributed by atoms with Crippen molar-refractivity contribution in [2.75, 3.05) is 4.72 Å². The Balaban J connectivity index is 2.38. The molecular formula is C15H14BrNO3S. The van der Waals surface area contributed by atoms with Crippen molar-refractivity contribution < 1.29 is 13.2 Å². The summed E-state index contributed by atoms with van der Waals surface area (Å²) in [5.74, 6) is -0.177. The maximum Gasteiger partial charge on any atom is 0.261 e. The zero-order valence-electron chi connectivity index (χ0n) is 11.6. The van der Waals surface area contributed by atoms with E-state index in [-0.39, 0.29) is 10.7 Å². The van der Waals surface area contributed by atoms with E-state index in [1.165, 1.54) is 19.1 Å². The van der Waals surface area contributed by atoms with Crippen LogP contribution in [0.25, 0.3) is 0 Å². The van der Waals surface area contributed by atoms with E-state index in [2.05, 4.69) is 20.7 Å². The number of rotatable bonds is 4. The molecule has 0 spiro atoms. The molecule has 0 radical (unpaired) electrons. The molecule has 2 rings (SSSR count). The Kier molecular flexibility index (Phi) is 4.49. The minimum atomic E-state index is -3.74. The molecule has 0 aliphatic carbocycles. The Hall–Kier alpha value is -1.66. The lowest BCUT2D eigenvalue weighted by molar-refractivity contribution is 0.101. The fraction of sp³-hybridized carbons (Fsp3) is 0.133. The summed E-state index contributed by atoms with van der Waals surface area (Å²) in [7, 11) is -3.74. The van der Waals surface area contributed by atoms with E-state index in [0.29, 0.717) is 15.7 Å². The number of anilines is 1. The number of sulfonamides is 1. The van der Waals surface area contributed by atoms with E-state index >= 15 is 0 Å². The lowest BCUT2D eigenvalue weighted by atomic mass is 10.2. The van der Waals surface area contributed by atoms with Crippen molar-refractivity contribution in [3.05, 3.63) is 58.1 Å². The number of carbonyl (C=O) groups is 1. The highest BCUT2D eigenvalue weighted by atomic mass is 79.9. The van der Waals surface area contributed by atoms with Gasteiger partial charge in [-0.3, -0.25) is 9.52 Å². The van der Waals surface area contributed by atoms with Crippen LogP contribution < -0.4 is 4.72 Å². The first-order valence-electron chi connectivity index (χ1n) is 6.19. The summed E-state index contributed by atoms with van der Waals surface area (Å²) in [6.45, 7) is 3.31. The number of aryl methyl sites for hydroxylation is 1. The summed E-state index contributed by atoms with van der Waals surface area (Å²) < 4.78 is 27.9. The molecule has 0 fully saturated rings. The second-order valence-electron chi connectivity index (χ2n) is 4.67. The summed E-state index contributed by atoms with van der Waals surface area (Å²) in [6, 6.07) is 11.3. The lowest BCUT2D eigenvalue weighted by Crippen LogP contribution is -2.14. The van der Waals surface area contributed by atoms with Gasteiger partial charge in [0.25, 0.3) is 10.0 Å². The fourth-order valence-corrected chi connectivity index (χ4v) is 3.64. The van der Waals surface area contributed by atoms with Crippen LogP contribution in [0, 0.1) is 6.92 Å². The van der Waals surface area contributed by atoms with Gasteiger partial charge >= 0.3 is 0 Å². The molecule has 6 heteroatoms. The molecule has 0 aromatic heterocycles. The van der Waals surface area contributed by atoms with Gasteiger partial charge in [-0.25, -0.2) is 8.42 Å². The highest BCUT2D eigenvalue weighted by Crippen LogP contribution is 2.26. The van der Waals surface area contributed by atoms with E-state index < -0.39 is 10.0 Å². The molecule has 4 nitrogen and oxygen atoms in total. The smallest absolute Gasteiger partial charge is 0.261 e. The number of carbonyl (C=O) groups excluding carboxylic acids is 1. The Bertz CT molecular complexity index is 800. The molecule has 0 heterocycles. The second-order valence-corrected chi connectivity index (χ2v) is 7.21. The molecule has 0 amide bonds. The number of benzene rings is 2. The van der Waals surface area contributed by atoms with Crippen LogP contribution in [0.5, 0.6) is 0 Å². The van der Waals surface area contributed by atoms with Gasteiger partial charge in [0.15, 0.2) is 5.78 Å². The van der Waals surface area contributed by atoms with Crippen molar-refractivity contribution in [3.63, 3.8) is 0 Å². The number of ketones is 1. The molecule has 0 atom stereocenters. The summed E-state index contributed by atoms with van der Waals surface area (Å²) in [5.41, 5.74) is 1.83. The minimum Gasteiger partial charge on any atom is -0.295 e. The predicted molar refractivity (Wildman–Crippen MR) is 86.1 cm³/mol. The van der Waals surface area contributed by atoms with E-state index in [4.69, 9.17) is 0 Å². The first-order valence-corrected chi connectivity index (χ1v) is 8.47. The van der Waals surface area contributed by atoms with Crippen LogP contribution in [0.4, 0.5) is 5.69 Å². The van der Waals surface area contributed by atoms with Crippen LogP contribution in [-0.4, -0.2) is 14.2 Å². The lowest BCUT2D eigenvalue weighted by Gasteiger charge is -2.11. The van der Waals surface area contributed by atoms with E-state index in [1.54, 1.807) is 18.2 Å². The third-order valence-corrected chi connectivity index (χ3v) is 4.94. The van der Waals surface area contributed by atoms with E-state index in [0.717, 1.165) is 5.56 Å². The summed E-state index contributed by atoms with van der Waals surface area (Å²) in [4.78, 5) is 11.4. The largest absolute Gasteiger partial charge is 0.295 e. The van der Waals surface area contributed by atoms with Crippen LogP contribution in [0.2, 0.25) is 0 Å². The topological polar surface area (TPSA) is 63.2 Å². The van der Waals surface area contributed by atoms with E-state index in [9.17, 15) is 13.2 Å². The van der Waals surface area contributed by atoms with Gasteiger partial charge in [-0.2, -0.15) is 0 Å². The van der Waals surface area contributed by atoms with Gasteiger partial charge in [-0.05, 0) is 59.6 Å². The Morgan fingerprint density at radius 1 is 1.14 bits per heavy atom. The third kappa shape index (κ3) is 3.71. The van der Waals surface area contributed by atoms with Crippen molar-refractivity contribution >= 4 is 37.4 Å². The van der Waals surface area contributed by atoms with Crippen LogP contribution >= 0.6 is 15.9 Å².